The fourth-order valence-electron chi connectivity index (χ4n) is 3.59. The van der Waals surface area contributed by atoms with Gasteiger partial charge in [-0.2, -0.15) is 0 Å². The van der Waals surface area contributed by atoms with Crippen LogP contribution < -0.4 is 15.0 Å². The molecule has 3 aromatic rings. The van der Waals surface area contributed by atoms with Crippen molar-refractivity contribution in [3.8, 4) is 11.5 Å². The minimum absolute atomic E-state index is 0.117. The van der Waals surface area contributed by atoms with Crippen LogP contribution in [-0.2, 0) is 16.0 Å². The SMILES string of the molecule is CCOc1cc2c(cc1/C=C/C(=O)O[C@@H](C)c1nc3ccccc3c(=O)[nH]1)O[C@H](C)C2. The van der Waals surface area contributed by atoms with E-state index in [1.165, 1.54) is 6.08 Å². The Bertz CT molecular complexity index is 1210. The number of esters is 1. The van der Waals surface area contributed by atoms with Crippen LogP contribution in [0.3, 0.4) is 0 Å². The van der Waals surface area contributed by atoms with Crippen molar-refractivity contribution >= 4 is 22.9 Å². The van der Waals surface area contributed by atoms with E-state index in [9.17, 15) is 9.59 Å². The monoisotopic (exact) mass is 420 g/mol. The molecule has 1 aliphatic rings. The number of fused-ring (bicyclic) bond motifs is 2. The second-order valence-electron chi connectivity index (χ2n) is 7.44. The van der Waals surface area contributed by atoms with Crippen LogP contribution in [-0.4, -0.2) is 28.6 Å². The maximum Gasteiger partial charge on any atom is 0.331 e. The van der Waals surface area contributed by atoms with Gasteiger partial charge in [0.05, 0.1) is 17.5 Å². The number of aromatic amines is 1. The van der Waals surface area contributed by atoms with E-state index in [4.69, 9.17) is 14.2 Å². The Morgan fingerprint density at radius 1 is 1.35 bits per heavy atom. The van der Waals surface area contributed by atoms with Gasteiger partial charge in [0.1, 0.15) is 17.6 Å². The first-order valence-corrected chi connectivity index (χ1v) is 10.3. The lowest BCUT2D eigenvalue weighted by Crippen LogP contribution is -2.16. The summed E-state index contributed by atoms with van der Waals surface area (Å²) >= 11 is 0. The summed E-state index contributed by atoms with van der Waals surface area (Å²) in [5.74, 6) is 1.23. The molecule has 0 unspecified atom stereocenters. The summed E-state index contributed by atoms with van der Waals surface area (Å²) in [5, 5.41) is 0.487. The van der Waals surface area contributed by atoms with Crippen molar-refractivity contribution in [2.75, 3.05) is 6.61 Å². The van der Waals surface area contributed by atoms with Crippen LogP contribution in [0, 0.1) is 0 Å². The average molecular weight is 420 g/mol. The Morgan fingerprint density at radius 2 is 2.16 bits per heavy atom. The molecule has 1 N–H and O–H groups in total. The van der Waals surface area contributed by atoms with Gasteiger partial charge in [0.25, 0.3) is 5.56 Å². The van der Waals surface area contributed by atoms with E-state index in [-0.39, 0.29) is 11.7 Å². The molecular formula is C24H24N2O5. The summed E-state index contributed by atoms with van der Waals surface area (Å²) in [4.78, 5) is 31.7. The number of hydrogen-bond acceptors (Lipinski definition) is 6. The van der Waals surface area contributed by atoms with Crippen molar-refractivity contribution in [2.24, 2.45) is 0 Å². The second kappa shape index (κ2) is 8.63. The molecule has 0 aliphatic carbocycles. The van der Waals surface area contributed by atoms with E-state index in [0.29, 0.717) is 29.1 Å². The fourth-order valence-corrected chi connectivity index (χ4v) is 3.59. The van der Waals surface area contributed by atoms with E-state index >= 15 is 0 Å². The number of para-hydroxylation sites is 1. The Balaban J connectivity index is 1.51. The largest absolute Gasteiger partial charge is 0.493 e. The number of rotatable bonds is 6. The summed E-state index contributed by atoms with van der Waals surface area (Å²) in [6.07, 6.45) is 3.20. The molecule has 0 saturated heterocycles. The fraction of sp³-hybridized carbons (Fsp3) is 0.292. The normalized spacial score (nSPS) is 16.2. The molecule has 0 saturated carbocycles. The Kier molecular flexibility index (Phi) is 5.75. The second-order valence-corrected chi connectivity index (χ2v) is 7.44. The van der Waals surface area contributed by atoms with E-state index in [1.54, 1.807) is 37.3 Å². The smallest absolute Gasteiger partial charge is 0.331 e. The van der Waals surface area contributed by atoms with Crippen LogP contribution in [0.15, 0.2) is 47.3 Å². The molecule has 0 fully saturated rings. The van der Waals surface area contributed by atoms with Crippen molar-refractivity contribution in [3.63, 3.8) is 0 Å². The molecule has 1 aromatic heterocycles. The molecule has 160 valence electrons. The van der Waals surface area contributed by atoms with Crippen LogP contribution in [0.1, 0.15) is 43.8 Å². The van der Waals surface area contributed by atoms with Crippen molar-refractivity contribution in [3.05, 3.63) is 69.8 Å². The lowest BCUT2D eigenvalue weighted by Gasteiger charge is -2.12. The number of carbonyl (C=O) groups excluding carboxylic acids is 1. The van der Waals surface area contributed by atoms with Crippen LogP contribution in [0.2, 0.25) is 0 Å². The molecule has 7 heteroatoms. The van der Waals surface area contributed by atoms with Crippen molar-refractivity contribution < 1.29 is 19.0 Å². The molecule has 0 radical (unpaired) electrons. The lowest BCUT2D eigenvalue weighted by atomic mass is 10.1. The Morgan fingerprint density at radius 3 is 2.97 bits per heavy atom. The lowest BCUT2D eigenvalue weighted by molar-refractivity contribution is -0.142. The van der Waals surface area contributed by atoms with Gasteiger partial charge in [-0.15, -0.1) is 0 Å². The number of ether oxygens (including phenoxy) is 3. The highest BCUT2D eigenvalue weighted by Gasteiger charge is 2.21. The summed E-state index contributed by atoms with van der Waals surface area (Å²) in [7, 11) is 0. The number of aromatic nitrogens is 2. The number of benzene rings is 2. The Labute approximate surface area is 179 Å². The summed E-state index contributed by atoms with van der Waals surface area (Å²) in [6, 6.07) is 10.8. The van der Waals surface area contributed by atoms with Crippen molar-refractivity contribution in [1.29, 1.82) is 0 Å². The maximum absolute atomic E-state index is 12.4. The summed E-state index contributed by atoms with van der Waals surface area (Å²) in [5.41, 5.74) is 2.10. The first-order valence-electron chi connectivity index (χ1n) is 10.3. The quantitative estimate of drug-likeness (QED) is 0.479. The van der Waals surface area contributed by atoms with Gasteiger partial charge >= 0.3 is 5.97 Å². The molecule has 0 amide bonds. The van der Waals surface area contributed by atoms with Gasteiger partial charge in [0, 0.05) is 23.6 Å². The van der Waals surface area contributed by atoms with E-state index < -0.39 is 12.1 Å². The topological polar surface area (TPSA) is 90.5 Å². The molecule has 31 heavy (non-hydrogen) atoms. The highest BCUT2D eigenvalue weighted by atomic mass is 16.5. The van der Waals surface area contributed by atoms with Gasteiger partial charge in [-0.25, -0.2) is 9.78 Å². The van der Waals surface area contributed by atoms with Crippen molar-refractivity contribution in [2.45, 2.75) is 39.4 Å². The van der Waals surface area contributed by atoms with Crippen LogP contribution in [0.25, 0.3) is 17.0 Å². The summed E-state index contributed by atoms with van der Waals surface area (Å²) in [6.45, 7) is 6.10. The molecule has 1 aliphatic heterocycles. The molecule has 4 rings (SSSR count). The van der Waals surface area contributed by atoms with E-state index in [2.05, 4.69) is 9.97 Å². The predicted octanol–water partition coefficient (Wildman–Crippen LogP) is 3.96. The van der Waals surface area contributed by atoms with Gasteiger partial charge in [0.15, 0.2) is 11.9 Å². The van der Waals surface area contributed by atoms with Crippen LogP contribution in [0.4, 0.5) is 0 Å². The van der Waals surface area contributed by atoms with E-state index in [0.717, 1.165) is 23.3 Å². The molecule has 2 atom stereocenters. The number of carbonyl (C=O) groups is 1. The molecule has 2 aromatic carbocycles. The molecule has 0 bridgehead atoms. The highest BCUT2D eigenvalue weighted by molar-refractivity contribution is 5.88. The molecule has 0 spiro atoms. The van der Waals surface area contributed by atoms with Crippen LogP contribution in [0.5, 0.6) is 11.5 Å². The zero-order valence-electron chi connectivity index (χ0n) is 17.7. The third kappa shape index (κ3) is 4.45. The predicted molar refractivity (Wildman–Crippen MR) is 117 cm³/mol. The summed E-state index contributed by atoms with van der Waals surface area (Å²) < 4.78 is 17.0. The van der Waals surface area contributed by atoms with E-state index in [1.807, 2.05) is 26.0 Å². The van der Waals surface area contributed by atoms with Gasteiger partial charge in [0.2, 0.25) is 0 Å². The zero-order chi connectivity index (χ0) is 22.0. The van der Waals surface area contributed by atoms with Crippen molar-refractivity contribution in [1.82, 2.24) is 9.97 Å². The maximum atomic E-state index is 12.4. The van der Waals surface area contributed by atoms with Gasteiger partial charge < -0.3 is 19.2 Å². The highest BCUT2D eigenvalue weighted by Crippen LogP contribution is 2.35. The number of nitrogens with one attached hydrogen (secondary N) is 1. The Hall–Kier alpha value is -3.61. The number of H-pyrrole nitrogens is 1. The first kappa shape index (κ1) is 20.7. The van der Waals surface area contributed by atoms with Gasteiger partial charge in [-0.05, 0) is 51.1 Å². The average Bonchev–Trinajstić information content (AvgIpc) is 3.11. The number of hydrogen-bond donors (Lipinski definition) is 1. The molecular weight excluding hydrogens is 396 g/mol. The minimum Gasteiger partial charge on any atom is -0.493 e. The first-order chi connectivity index (χ1) is 14.9. The van der Waals surface area contributed by atoms with Crippen LogP contribution >= 0.6 is 0 Å². The number of nitrogens with zero attached hydrogens (tertiary/aromatic N) is 1. The third-order valence-electron chi connectivity index (χ3n) is 5.04. The molecule has 7 nitrogen and oxygen atoms in total. The third-order valence-corrected chi connectivity index (χ3v) is 5.04. The zero-order valence-corrected chi connectivity index (χ0v) is 17.7. The van der Waals surface area contributed by atoms with Gasteiger partial charge in [-0.3, -0.25) is 4.79 Å². The van der Waals surface area contributed by atoms with Gasteiger partial charge in [-0.1, -0.05) is 12.1 Å². The molecule has 2 heterocycles. The minimum atomic E-state index is -0.718. The standard InChI is InChI=1S/C24H24N2O5/c1-4-29-20-13-17-11-14(2)30-21(17)12-16(20)9-10-22(27)31-15(3)23-25-19-8-6-5-7-18(19)24(28)26-23/h5-10,12-15H,4,11H2,1-3H3,(H,25,26,28)/b10-9+/t14-,15+/m1/s1.